The summed E-state index contributed by atoms with van der Waals surface area (Å²) in [5.74, 6) is 0. The molecule has 0 radical (unpaired) electrons. The number of methoxy groups -OCH3 is 1. The van der Waals surface area contributed by atoms with E-state index in [9.17, 15) is 0 Å². The molecule has 0 atom stereocenters. The second kappa shape index (κ2) is 6.33. The van der Waals surface area contributed by atoms with Crippen LogP contribution in [-0.4, -0.2) is 38.4 Å². The largest absolute Gasteiger partial charge is 0.383 e. The van der Waals surface area contributed by atoms with Crippen LogP contribution >= 0.6 is 0 Å². The molecule has 3 rings (SSSR count). The van der Waals surface area contributed by atoms with Crippen LogP contribution in [0.3, 0.4) is 0 Å². The zero-order chi connectivity index (χ0) is 13.9. The van der Waals surface area contributed by atoms with Crippen molar-refractivity contribution in [2.45, 2.75) is 75.8 Å². The van der Waals surface area contributed by atoms with E-state index in [4.69, 9.17) is 4.74 Å². The summed E-state index contributed by atoms with van der Waals surface area (Å²) in [5.41, 5.74) is 0.992. The van der Waals surface area contributed by atoms with E-state index in [1.807, 2.05) is 7.11 Å². The van der Waals surface area contributed by atoms with Gasteiger partial charge >= 0.3 is 0 Å². The van der Waals surface area contributed by atoms with Gasteiger partial charge in [0.1, 0.15) is 0 Å². The van der Waals surface area contributed by atoms with Crippen LogP contribution in [0.2, 0.25) is 0 Å². The van der Waals surface area contributed by atoms with Gasteiger partial charge < -0.3 is 15.4 Å². The molecule has 2 saturated carbocycles. The molecule has 1 spiro atoms. The Balaban J connectivity index is 1.52. The van der Waals surface area contributed by atoms with Gasteiger partial charge in [0.15, 0.2) is 0 Å². The van der Waals surface area contributed by atoms with Crippen LogP contribution in [0.4, 0.5) is 0 Å². The molecule has 0 unspecified atom stereocenters. The molecule has 116 valence electrons. The number of hydrogen-bond acceptors (Lipinski definition) is 3. The third-order valence-corrected chi connectivity index (χ3v) is 6.20. The Hall–Kier alpha value is -0.120. The van der Waals surface area contributed by atoms with Crippen LogP contribution in [0.5, 0.6) is 0 Å². The highest BCUT2D eigenvalue weighted by molar-refractivity contribution is 4.98. The van der Waals surface area contributed by atoms with Crippen molar-refractivity contribution in [3.8, 4) is 0 Å². The fraction of sp³-hybridized carbons (Fsp3) is 1.00. The zero-order valence-corrected chi connectivity index (χ0v) is 13.2. The third-order valence-electron chi connectivity index (χ3n) is 6.20. The molecular formula is C17H32N2O. The molecule has 3 nitrogen and oxygen atoms in total. The maximum Gasteiger partial charge on any atom is 0.0644 e. The van der Waals surface area contributed by atoms with E-state index in [1.54, 1.807) is 0 Å². The number of hydrogen-bond donors (Lipinski definition) is 2. The highest BCUT2D eigenvalue weighted by atomic mass is 16.5. The van der Waals surface area contributed by atoms with Gasteiger partial charge in [0.25, 0.3) is 0 Å². The van der Waals surface area contributed by atoms with Gasteiger partial charge in [0.05, 0.1) is 6.61 Å². The minimum atomic E-state index is 0.304. The predicted octanol–water partition coefficient (Wildman–Crippen LogP) is 2.85. The number of nitrogens with one attached hydrogen (secondary N) is 2. The van der Waals surface area contributed by atoms with E-state index < -0.39 is 0 Å². The van der Waals surface area contributed by atoms with Crippen molar-refractivity contribution >= 4 is 0 Å². The van der Waals surface area contributed by atoms with Crippen LogP contribution in [0.1, 0.15) is 64.2 Å². The van der Waals surface area contributed by atoms with Crippen molar-refractivity contribution in [3.63, 3.8) is 0 Å². The highest BCUT2D eigenvalue weighted by Gasteiger charge is 2.40. The molecule has 1 saturated heterocycles. The molecule has 0 bridgehead atoms. The molecule has 0 aromatic rings. The Kier molecular flexibility index (Phi) is 4.68. The van der Waals surface area contributed by atoms with E-state index in [0.29, 0.717) is 11.0 Å². The lowest BCUT2D eigenvalue weighted by atomic mass is 9.67. The van der Waals surface area contributed by atoms with E-state index in [2.05, 4.69) is 10.6 Å². The molecule has 2 aliphatic carbocycles. The smallest absolute Gasteiger partial charge is 0.0644 e. The Morgan fingerprint density at radius 3 is 2.25 bits per heavy atom. The molecule has 0 aromatic heterocycles. The molecule has 1 heterocycles. The van der Waals surface area contributed by atoms with Crippen LogP contribution in [-0.2, 0) is 4.74 Å². The summed E-state index contributed by atoms with van der Waals surface area (Å²) >= 11 is 0. The van der Waals surface area contributed by atoms with Gasteiger partial charge in [-0.3, -0.25) is 0 Å². The third kappa shape index (κ3) is 3.20. The van der Waals surface area contributed by atoms with E-state index in [0.717, 1.165) is 12.6 Å². The van der Waals surface area contributed by atoms with E-state index in [-0.39, 0.29) is 0 Å². The Morgan fingerprint density at radius 2 is 1.65 bits per heavy atom. The second-order valence-corrected chi connectivity index (χ2v) is 7.59. The van der Waals surface area contributed by atoms with Crippen LogP contribution in [0, 0.1) is 5.41 Å². The number of rotatable bonds is 4. The van der Waals surface area contributed by atoms with E-state index >= 15 is 0 Å². The molecule has 2 N–H and O–H groups in total. The van der Waals surface area contributed by atoms with Crippen LogP contribution in [0.15, 0.2) is 0 Å². The average Bonchev–Trinajstić information content (AvgIpc) is 2.92. The van der Waals surface area contributed by atoms with Crippen molar-refractivity contribution < 1.29 is 4.74 Å². The quantitative estimate of drug-likeness (QED) is 0.831. The van der Waals surface area contributed by atoms with E-state index in [1.165, 1.54) is 77.3 Å². The summed E-state index contributed by atoms with van der Waals surface area (Å²) < 4.78 is 5.51. The number of piperidine rings is 1. The SMILES string of the molecule is COCC1(NC2CCC3(CCNCC3)CC2)CCCC1. The molecule has 3 fully saturated rings. The second-order valence-electron chi connectivity index (χ2n) is 7.59. The predicted molar refractivity (Wildman–Crippen MR) is 83.0 cm³/mol. The molecule has 1 aliphatic heterocycles. The lowest BCUT2D eigenvalue weighted by Crippen LogP contribution is -2.53. The van der Waals surface area contributed by atoms with Crippen molar-refractivity contribution in [3.05, 3.63) is 0 Å². The maximum absolute atomic E-state index is 5.51. The van der Waals surface area contributed by atoms with Crippen molar-refractivity contribution in [1.82, 2.24) is 10.6 Å². The molecule has 3 aliphatic rings. The fourth-order valence-corrected chi connectivity index (χ4v) is 4.92. The minimum Gasteiger partial charge on any atom is -0.383 e. The van der Waals surface area contributed by atoms with Crippen molar-refractivity contribution in [2.24, 2.45) is 5.41 Å². The first-order chi connectivity index (χ1) is 9.76. The first-order valence-corrected chi connectivity index (χ1v) is 8.73. The Morgan fingerprint density at radius 1 is 1.00 bits per heavy atom. The van der Waals surface area contributed by atoms with Gasteiger partial charge in [0, 0.05) is 18.7 Å². The number of ether oxygens (including phenoxy) is 1. The molecule has 0 aromatic carbocycles. The van der Waals surface area contributed by atoms with Gasteiger partial charge in [-0.1, -0.05) is 12.8 Å². The summed E-state index contributed by atoms with van der Waals surface area (Å²) in [5, 5.41) is 7.53. The van der Waals surface area contributed by atoms with Gasteiger partial charge in [-0.25, -0.2) is 0 Å². The van der Waals surface area contributed by atoms with Gasteiger partial charge in [0.2, 0.25) is 0 Å². The van der Waals surface area contributed by atoms with Crippen molar-refractivity contribution in [2.75, 3.05) is 26.8 Å². The van der Waals surface area contributed by atoms with Gasteiger partial charge in [-0.2, -0.15) is 0 Å². The zero-order valence-electron chi connectivity index (χ0n) is 13.2. The van der Waals surface area contributed by atoms with Crippen molar-refractivity contribution in [1.29, 1.82) is 0 Å². The summed E-state index contributed by atoms with van der Waals surface area (Å²) in [4.78, 5) is 0. The lowest BCUT2D eigenvalue weighted by Gasteiger charge is -2.45. The first kappa shape index (κ1) is 14.8. The standard InChI is InChI=1S/C17H32N2O/c1-20-14-17(6-2-3-7-17)19-15-4-8-16(9-5-15)10-12-18-13-11-16/h15,18-19H,2-14H2,1H3. The summed E-state index contributed by atoms with van der Waals surface area (Å²) in [6.07, 6.45) is 13.8. The summed E-state index contributed by atoms with van der Waals surface area (Å²) in [6.45, 7) is 3.38. The van der Waals surface area contributed by atoms with Crippen LogP contribution < -0.4 is 10.6 Å². The highest BCUT2D eigenvalue weighted by Crippen LogP contribution is 2.44. The average molecular weight is 280 g/mol. The maximum atomic E-state index is 5.51. The summed E-state index contributed by atoms with van der Waals surface area (Å²) in [7, 11) is 1.85. The van der Waals surface area contributed by atoms with Gasteiger partial charge in [-0.05, 0) is 69.9 Å². The fourth-order valence-electron chi connectivity index (χ4n) is 4.92. The molecule has 3 heteroatoms. The lowest BCUT2D eigenvalue weighted by molar-refractivity contribution is 0.0722. The Bertz CT molecular complexity index is 296. The molecule has 0 amide bonds. The summed E-state index contributed by atoms with van der Waals surface area (Å²) in [6, 6.07) is 0.740. The monoisotopic (exact) mass is 280 g/mol. The normalized spacial score (nSPS) is 29.9. The first-order valence-electron chi connectivity index (χ1n) is 8.73. The van der Waals surface area contributed by atoms with Gasteiger partial charge in [-0.15, -0.1) is 0 Å². The van der Waals surface area contributed by atoms with Crippen LogP contribution in [0.25, 0.3) is 0 Å². The minimum absolute atomic E-state index is 0.304. The molecule has 20 heavy (non-hydrogen) atoms. The topological polar surface area (TPSA) is 33.3 Å². The molecular weight excluding hydrogens is 248 g/mol. The Labute approximate surface area is 124 Å².